The molecule has 110 valence electrons. The summed E-state index contributed by atoms with van der Waals surface area (Å²) in [5.74, 6) is 0.157. The van der Waals surface area contributed by atoms with Gasteiger partial charge in [-0.3, -0.25) is 4.79 Å². The van der Waals surface area contributed by atoms with Crippen LogP contribution < -0.4 is 0 Å². The molecule has 1 fully saturated rings. The zero-order chi connectivity index (χ0) is 14.4. The second kappa shape index (κ2) is 4.88. The summed E-state index contributed by atoms with van der Waals surface area (Å²) < 4.78 is 5.56. The van der Waals surface area contributed by atoms with Crippen LogP contribution in [0.1, 0.15) is 37.1 Å². The third kappa shape index (κ3) is 1.97. The van der Waals surface area contributed by atoms with Gasteiger partial charge in [0.15, 0.2) is 0 Å². The molecule has 1 amide bonds. The van der Waals surface area contributed by atoms with Crippen LogP contribution >= 0.6 is 0 Å². The lowest BCUT2D eigenvalue weighted by molar-refractivity contribution is -0.143. The summed E-state index contributed by atoms with van der Waals surface area (Å²) in [6.07, 6.45) is 2.55. The SMILES string of the molecule is C[C@@H]1c2[nH]c3ccccc3c2CCN1C(=O)[C@@H]1CCCO1. The molecule has 1 aromatic carbocycles. The molecule has 1 saturated heterocycles. The van der Waals surface area contributed by atoms with Crippen LogP contribution in [0.3, 0.4) is 0 Å². The fourth-order valence-electron chi connectivity index (χ4n) is 3.69. The molecule has 0 saturated carbocycles. The summed E-state index contributed by atoms with van der Waals surface area (Å²) >= 11 is 0. The number of benzene rings is 1. The quantitative estimate of drug-likeness (QED) is 0.875. The minimum absolute atomic E-state index is 0.0952. The third-order valence-corrected chi connectivity index (χ3v) is 4.82. The first kappa shape index (κ1) is 12.9. The van der Waals surface area contributed by atoms with Gasteiger partial charge in [0.1, 0.15) is 6.10 Å². The van der Waals surface area contributed by atoms with Crippen molar-refractivity contribution in [2.75, 3.05) is 13.2 Å². The molecule has 1 aromatic heterocycles. The second-order valence-corrected chi connectivity index (χ2v) is 6.02. The van der Waals surface area contributed by atoms with Crippen molar-refractivity contribution < 1.29 is 9.53 Å². The Kier molecular flexibility index (Phi) is 3.00. The molecule has 21 heavy (non-hydrogen) atoms. The number of rotatable bonds is 1. The van der Waals surface area contributed by atoms with Gasteiger partial charge >= 0.3 is 0 Å². The maximum atomic E-state index is 12.6. The Morgan fingerprint density at radius 1 is 1.38 bits per heavy atom. The Morgan fingerprint density at radius 3 is 3.05 bits per heavy atom. The molecule has 2 atom stereocenters. The van der Waals surface area contributed by atoms with Crippen molar-refractivity contribution in [1.29, 1.82) is 0 Å². The van der Waals surface area contributed by atoms with Crippen molar-refractivity contribution in [2.24, 2.45) is 0 Å². The lowest BCUT2D eigenvalue weighted by Gasteiger charge is -2.35. The topological polar surface area (TPSA) is 45.3 Å². The number of ether oxygens (including phenoxy) is 1. The van der Waals surface area contributed by atoms with E-state index in [9.17, 15) is 4.79 Å². The summed E-state index contributed by atoms with van der Waals surface area (Å²) in [5, 5.41) is 1.29. The summed E-state index contributed by atoms with van der Waals surface area (Å²) in [6.45, 7) is 3.62. The van der Waals surface area contributed by atoms with Gasteiger partial charge in [0, 0.05) is 29.7 Å². The Hall–Kier alpha value is -1.81. The van der Waals surface area contributed by atoms with E-state index in [1.807, 2.05) is 11.0 Å². The fourth-order valence-corrected chi connectivity index (χ4v) is 3.69. The van der Waals surface area contributed by atoms with Gasteiger partial charge in [-0.25, -0.2) is 0 Å². The molecule has 0 unspecified atom stereocenters. The van der Waals surface area contributed by atoms with Crippen molar-refractivity contribution in [3.05, 3.63) is 35.5 Å². The number of nitrogens with zero attached hydrogens (tertiary/aromatic N) is 1. The molecular formula is C17H20N2O2. The number of amides is 1. The number of nitrogens with one attached hydrogen (secondary N) is 1. The fraction of sp³-hybridized carbons (Fsp3) is 0.471. The maximum Gasteiger partial charge on any atom is 0.252 e. The summed E-state index contributed by atoms with van der Waals surface area (Å²) in [7, 11) is 0. The Morgan fingerprint density at radius 2 is 2.24 bits per heavy atom. The minimum Gasteiger partial charge on any atom is -0.368 e. The molecule has 3 heterocycles. The lowest BCUT2D eigenvalue weighted by atomic mass is 9.97. The summed E-state index contributed by atoms with van der Waals surface area (Å²) in [4.78, 5) is 18.1. The average Bonchev–Trinajstić information content (AvgIpc) is 3.15. The summed E-state index contributed by atoms with van der Waals surface area (Å²) in [6, 6.07) is 8.48. The van der Waals surface area contributed by atoms with Crippen LogP contribution in [-0.4, -0.2) is 35.0 Å². The zero-order valence-corrected chi connectivity index (χ0v) is 12.3. The number of aromatic nitrogens is 1. The minimum atomic E-state index is -0.224. The predicted molar refractivity (Wildman–Crippen MR) is 81.1 cm³/mol. The first-order valence-corrected chi connectivity index (χ1v) is 7.77. The van der Waals surface area contributed by atoms with Crippen LogP contribution in [0.15, 0.2) is 24.3 Å². The number of hydrogen-bond donors (Lipinski definition) is 1. The van der Waals surface area contributed by atoms with Gasteiger partial charge in [-0.1, -0.05) is 18.2 Å². The van der Waals surface area contributed by atoms with E-state index < -0.39 is 0 Å². The van der Waals surface area contributed by atoms with Gasteiger partial charge in [0.2, 0.25) is 0 Å². The number of H-pyrrole nitrogens is 1. The van der Waals surface area contributed by atoms with Crippen molar-refractivity contribution in [2.45, 2.75) is 38.3 Å². The Labute approximate surface area is 124 Å². The zero-order valence-electron chi connectivity index (χ0n) is 12.3. The van der Waals surface area contributed by atoms with Crippen LogP contribution in [0.25, 0.3) is 10.9 Å². The normalized spacial score (nSPS) is 25.3. The van der Waals surface area contributed by atoms with Crippen molar-refractivity contribution >= 4 is 16.8 Å². The van der Waals surface area contributed by atoms with Gasteiger partial charge < -0.3 is 14.6 Å². The van der Waals surface area contributed by atoms with E-state index >= 15 is 0 Å². The van der Waals surface area contributed by atoms with Crippen LogP contribution in [0, 0.1) is 0 Å². The monoisotopic (exact) mass is 284 g/mol. The number of carbonyl (C=O) groups excluding carboxylic acids is 1. The van der Waals surface area contributed by atoms with Crippen LogP contribution in [0.4, 0.5) is 0 Å². The van der Waals surface area contributed by atoms with Crippen LogP contribution in [-0.2, 0) is 16.0 Å². The lowest BCUT2D eigenvalue weighted by Crippen LogP contribution is -2.44. The molecule has 4 rings (SSSR count). The van der Waals surface area contributed by atoms with Crippen molar-refractivity contribution in [1.82, 2.24) is 9.88 Å². The van der Waals surface area contributed by atoms with Gasteiger partial charge in [0.25, 0.3) is 5.91 Å². The Balaban J connectivity index is 1.68. The predicted octanol–water partition coefficient (Wildman–Crippen LogP) is 2.79. The number of fused-ring (bicyclic) bond motifs is 3. The molecule has 0 spiro atoms. The number of carbonyl (C=O) groups is 1. The van der Waals surface area contributed by atoms with E-state index in [2.05, 4.69) is 30.1 Å². The first-order chi connectivity index (χ1) is 10.3. The smallest absolute Gasteiger partial charge is 0.252 e. The van der Waals surface area contributed by atoms with E-state index in [1.54, 1.807) is 0 Å². The highest BCUT2D eigenvalue weighted by atomic mass is 16.5. The number of para-hydroxylation sites is 1. The molecule has 2 aliphatic heterocycles. The highest BCUT2D eigenvalue weighted by Gasteiger charge is 2.35. The van der Waals surface area contributed by atoms with Crippen molar-refractivity contribution in [3.8, 4) is 0 Å². The molecule has 0 aliphatic carbocycles. The van der Waals surface area contributed by atoms with Gasteiger partial charge in [-0.05, 0) is 37.8 Å². The molecule has 4 heteroatoms. The van der Waals surface area contributed by atoms with E-state index in [-0.39, 0.29) is 18.1 Å². The average molecular weight is 284 g/mol. The number of aromatic amines is 1. The van der Waals surface area contributed by atoms with E-state index in [0.717, 1.165) is 32.4 Å². The molecule has 0 radical (unpaired) electrons. The van der Waals surface area contributed by atoms with E-state index in [4.69, 9.17) is 4.74 Å². The van der Waals surface area contributed by atoms with Crippen molar-refractivity contribution in [3.63, 3.8) is 0 Å². The molecule has 1 N–H and O–H groups in total. The third-order valence-electron chi connectivity index (χ3n) is 4.82. The van der Waals surface area contributed by atoms with Gasteiger partial charge in [-0.2, -0.15) is 0 Å². The molecule has 2 aromatic rings. The molecule has 0 bridgehead atoms. The van der Waals surface area contributed by atoms with E-state index in [0.29, 0.717) is 0 Å². The molecule has 2 aliphatic rings. The molecule has 4 nitrogen and oxygen atoms in total. The first-order valence-electron chi connectivity index (χ1n) is 7.77. The van der Waals surface area contributed by atoms with Crippen LogP contribution in [0.5, 0.6) is 0 Å². The standard InChI is InChI=1S/C17H20N2O2/c1-11-16-13(12-5-2-3-6-14(12)18-16)8-9-19(11)17(20)15-7-4-10-21-15/h2-3,5-6,11,15,18H,4,7-10H2,1H3/t11-,15+/m1/s1. The highest BCUT2D eigenvalue weighted by molar-refractivity contribution is 5.87. The van der Waals surface area contributed by atoms with Crippen LogP contribution in [0.2, 0.25) is 0 Å². The van der Waals surface area contributed by atoms with Gasteiger partial charge in [-0.15, -0.1) is 0 Å². The Bertz CT molecular complexity index is 685. The van der Waals surface area contributed by atoms with E-state index in [1.165, 1.54) is 22.2 Å². The van der Waals surface area contributed by atoms with Gasteiger partial charge in [0.05, 0.1) is 6.04 Å². The summed E-state index contributed by atoms with van der Waals surface area (Å²) in [5.41, 5.74) is 3.73. The largest absolute Gasteiger partial charge is 0.368 e. The number of hydrogen-bond acceptors (Lipinski definition) is 2. The highest BCUT2D eigenvalue weighted by Crippen LogP contribution is 2.35. The second-order valence-electron chi connectivity index (χ2n) is 6.02. The molecular weight excluding hydrogens is 264 g/mol. The maximum absolute atomic E-state index is 12.6.